The maximum Gasteiger partial charge on any atom is 0.487 e. The second kappa shape index (κ2) is 18.4. The van der Waals surface area contributed by atoms with E-state index in [4.69, 9.17) is 34.9 Å². The van der Waals surface area contributed by atoms with Gasteiger partial charge in [0.25, 0.3) is 24.9 Å². The fraction of sp³-hybridized carbons (Fsp3) is 0.686. The highest BCUT2D eigenvalue weighted by Crippen LogP contribution is 2.67. The number of hydroxylamine groups is 2. The molecule has 4 fully saturated rings. The smallest absolute Gasteiger partial charge is 0.487 e. The lowest BCUT2D eigenvalue weighted by Crippen LogP contribution is -2.62. The highest BCUT2D eigenvalue weighted by Gasteiger charge is 2.58. The number of aromatic nitrogens is 8. The molecule has 11 N–H and O–H groups in total. The first-order valence-corrected chi connectivity index (χ1v) is 25.8. The van der Waals surface area contributed by atoms with E-state index in [0.717, 1.165) is 9.63 Å². The molecule has 4 saturated heterocycles. The van der Waals surface area contributed by atoms with Gasteiger partial charge in [0.15, 0.2) is 29.5 Å². The van der Waals surface area contributed by atoms with E-state index >= 15 is 0 Å². The number of nitrogens with two attached hydrogens (primary N) is 2. The summed E-state index contributed by atoms with van der Waals surface area (Å²) in [7, 11) is -16.4. The lowest BCUT2D eigenvalue weighted by molar-refractivity contribution is -0.745. The molecule has 0 bridgehead atoms. The van der Waals surface area contributed by atoms with Crippen molar-refractivity contribution < 1.29 is 89.8 Å². The molecule has 4 aromatic rings. The standard InChI is InChI=1S/C35H52N12O20P3/c1-33(2)9-15(10-34(3,4)47(33)53)39-18(48)7-8-35(5)64-23-17(63-30(24(23)65-35)45-13-38-19-25(45)40-31(36)42-27(19)51)12-61-69(56,57)67-70(58,59)66-68(54,55)60-11-16-21(49)22(50)29(62-16)46-14-44(6)20-26(46)41-32(37)43-28(20)52/h13-17,21-24,29-30,49-50H,7-12H2,1-6H3,(H9-,36,37,39,40,41,42,43,48,51,52,54,55,56,57,58,59)/t16-,17-,21-,22-,23-,24-,29-,30-,35+/m1/s1. The molecule has 70 heavy (non-hydrogen) atoms. The largest absolute Gasteiger partial charge is 0.756 e. The number of nitrogen functional groups attached to an aromatic ring is 2. The number of phosphoric acid groups is 3. The predicted octanol–water partition coefficient (Wildman–Crippen LogP) is -2.14. The molecule has 4 aliphatic heterocycles. The number of aryl methyl sites for hydroxylation is 1. The van der Waals surface area contributed by atoms with Crippen LogP contribution in [0.1, 0.15) is 72.8 Å². The maximum absolute atomic E-state index is 13.3. The number of hydrogen-bond acceptors (Lipinski definition) is 23. The van der Waals surface area contributed by atoms with E-state index in [2.05, 4.69) is 43.4 Å². The zero-order chi connectivity index (χ0) is 51.3. The molecule has 35 heteroatoms. The van der Waals surface area contributed by atoms with Crippen LogP contribution in [-0.4, -0.2) is 138 Å². The Kier molecular flexibility index (Phi) is 13.7. The third-order valence-electron chi connectivity index (χ3n) is 12.2. The Balaban J connectivity index is 0.908. The normalized spacial score (nSPS) is 31.7. The van der Waals surface area contributed by atoms with Gasteiger partial charge in [0.1, 0.15) is 36.6 Å². The molecule has 4 aromatic heterocycles. The average molecular weight is 1050 g/mol. The Labute approximate surface area is 394 Å². The Morgan fingerprint density at radius 2 is 1.56 bits per heavy atom. The average Bonchev–Trinajstić information content (AvgIpc) is 4.02. The van der Waals surface area contributed by atoms with Crippen LogP contribution in [0.2, 0.25) is 0 Å². The summed E-state index contributed by atoms with van der Waals surface area (Å²) in [4.78, 5) is 88.8. The van der Waals surface area contributed by atoms with Crippen LogP contribution in [0.5, 0.6) is 0 Å². The minimum atomic E-state index is -6.13. The van der Waals surface area contributed by atoms with E-state index in [-0.39, 0.29) is 59.0 Å². The van der Waals surface area contributed by atoms with Gasteiger partial charge in [-0.15, -0.1) is 10.3 Å². The number of carbonyl (C=O) groups excluding carboxylic acids is 1. The summed E-state index contributed by atoms with van der Waals surface area (Å²) in [5.74, 6) is -2.47. The highest BCUT2D eigenvalue weighted by molar-refractivity contribution is 7.66. The number of anilines is 2. The SMILES string of the molecule is Cn1c[n+]([C@@H]2O[C@H](COP(=O)([O-])OP(=O)(O)OP(=O)(O)OC[C@H]3O[C@@H](n4cnc5c(=O)[nH]c(N)nc54)[C@@H]4O[C@@](C)(CCC(=O)NC5CC(C)(C)N([O])C(C)(C)C5)O[C@@H]43)[C@@H](O)[C@H]2O)c2nc(N)[nH]c(=O)c21. The van der Waals surface area contributed by atoms with Crippen LogP contribution >= 0.6 is 23.5 Å². The summed E-state index contributed by atoms with van der Waals surface area (Å²) >= 11 is 0. The van der Waals surface area contributed by atoms with Crippen LogP contribution < -0.4 is 37.4 Å². The van der Waals surface area contributed by atoms with Crippen LogP contribution in [0.15, 0.2) is 22.2 Å². The molecule has 3 unspecified atom stereocenters. The topological polar surface area (TPSA) is 451 Å². The van der Waals surface area contributed by atoms with Crippen LogP contribution in [0.3, 0.4) is 0 Å². The van der Waals surface area contributed by atoms with Gasteiger partial charge < -0.3 is 65.1 Å². The molecule has 0 spiro atoms. The van der Waals surface area contributed by atoms with E-state index in [1.807, 2.05) is 0 Å². The molecule has 8 heterocycles. The molecule has 12 atom stereocenters. The fourth-order valence-corrected chi connectivity index (χ4v) is 12.9. The molecule has 0 aliphatic carbocycles. The first kappa shape index (κ1) is 52.2. The second-order valence-electron chi connectivity index (χ2n) is 18.7. The van der Waals surface area contributed by atoms with Crippen molar-refractivity contribution in [2.75, 3.05) is 24.7 Å². The summed E-state index contributed by atoms with van der Waals surface area (Å²) < 4.78 is 84.7. The van der Waals surface area contributed by atoms with E-state index in [1.54, 1.807) is 27.7 Å². The molecular formula is C35H52N12O20P3. The number of fused-ring (bicyclic) bond motifs is 3. The van der Waals surface area contributed by atoms with Crippen molar-refractivity contribution in [3.8, 4) is 0 Å². The minimum absolute atomic E-state index is 0.00282. The molecule has 387 valence electrons. The molecule has 0 saturated carbocycles. The molecular weight excluding hydrogens is 1000 g/mol. The van der Waals surface area contributed by atoms with Gasteiger partial charge in [0.2, 0.25) is 23.6 Å². The number of ether oxygens (including phenoxy) is 4. The van der Waals surface area contributed by atoms with Crippen molar-refractivity contribution in [3.63, 3.8) is 0 Å². The maximum atomic E-state index is 13.3. The highest BCUT2D eigenvalue weighted by atomic mass is 31.3. The molecule has 32 nitrogen and oxygen atoms in total. The van der Waals surface area contributed by atoms with Crippen molar-refractivity contribution in [1.29, 1.82) is 0 Å². The van der Waals surface area contributed by atoms with Gasteiger partial charge in [0, 0.05) is 30.0 Å². The van der Waals surface area contributed by atoms with E-state index in [0.29, 0.717) is 12.8 Å². The van der Waals surface area contributed by atoms with Gasteiger partial charge in [0.05, 0.1) is 26.6 Å². The first-order chi connectivity index (χ1) is 32.4. The lowest BCUT2D eigenvalue weighted by atomic mass is 9.79. The number of aliphatic hydroxyl groups excluding tert-OH is 2. The van der Waals surface area contributed by atoms with Crippen molar-refractivity contribution in [1.82, 2.24) is 44.4 Å². The van der Waals surface area contributed by atoms with Crippen molar-refractivity contribution in [2.45, 2.75) is 132 Å². The number of H-pyrrole nitrogens is 2. The number of phosphoric ester groups is 2. The van der Waals surface area contributed by atoms with Gasteiger partial charge >= 0.3 is 21.3 Å². The summed E-state index contributed by atoms with van der Waals surface area (Å²) in [5, 5.41) is 38.3. The Bertz CT molecular complexity index is 2930. The number of piperidine rings is 1. The van der Waals surface area contributed by atoms with Crippen molar-refractivity contribution in [3.05, 3.63) is 33.4 Å². The molecule has 8 rings (SSSR count). The summed E-state index contributed by atoms with van der Waals surface area (Å²) in [6.45, 7) is 6.56. The lowest BCUT2D eigenvalue weighted by Gasteiger charge is -2.50. The number of hydrogen-bond donors (Lipinski definition) is 9. The number of rotatable bonds is 16. The van der Waals surface area contributed by atoms with Gasteiger partial charge in [-0.1, -0.05) is 4.98 Å². The van der Waals surface area contributed by atoms with Crippen LogP contribution in [0, 0.1) is 0 Å². The zero-order valence-electron chi connectivity index (χ0n) is 38.0. The third-order valence-corrected chi connectivity index (χ3v) is 16.4. The predicted molar refractivity (Wildman–Crippen MR) is 229 cm³/mol. The van der Waals surface area contributed by atoms with Gasteiger partial charge in [-0.2, -0.15) is 9.29 Å². The van der Waals surface area contributed by atoms with E-state index in [1.165, 1.54) is 35.8 Å². The summed E-state index contributed by atoms with van der Waals surface area (Å²) in [5.41, 5.74) is 8.32. The number of imidazole rings is 2. The Hall–Kier alpha value is -4.14. The quantitative estimate of drug-likeness (QED) is 0.0427. The molecule has 0 aromatic carbocycles. The third kappa shape index (κ3) is 10.5. The summed E-state index contributed by atoms with van der Waals surface area (Å²) in [6, 6.07) is -0.318. The number of nitrogens with one attached hydrogen (secondary N) is 3. The number of amides is 1. The van der Waals surface area contributed by atoms with Gasteiger partial charge in [-0.25, -0.2) is 23.0 Å². The van der Waals surface area contributed by atoms with Crippen LogP contribution in [-0.2, 0) is 67.4 Å². The van der Waals surface area contributed by atoms with Gasteiger partial charge in [-0.05, 0) is 47.5 Å². The van der Waals surface area contributed by atoms with Crippen LogP contribution in [0.25, 0.3) is 22.3 Å². The fourth-order valence-electron chi connectivity index (χ4n) is 9.39. The Morgan fingerprint density at radius 3 is 2.24 bits per heavy atom. The van der Waals surface area contributed by atoms with Crippen molar-refractivity contribution in [2.24, 2.45) is 7.05 Å². The Morgan fingerprint density at radius 1 is 0.929 bits per heavy atom. The number of carbonyl (C=O) groups is 1. The molecule has 4 aliphatic rings. The van der Waals surface area contributed by atoms with E-state index < -0.39 is 114 Å². The number of aliphatic hydroxyl groups is 2. The number of nitrogens with zero attached hydrogens (tertiary/aromatic N) is 7. The van der Waals surface area contributed by atoms with Gasteiger partial charge in [-0.3, -0.25) is 42.6 Å². The molecule has 1 radical (unpaired) electrons. The van der Waals surface area contributed by atoms with E-state index in [9.17, 15) is 58.2 Å². The number of aromatic amines is 2. The molecule has 1 amide bonds. The monoisotopic (exact) mass is 1050 g/mol. The summed E-state index contributed by atoms with van der Waals surface area (Å²) in [6.07, 6.45) is -8.73. The van der Waals surface area contributed by atoms with Crippen molar-refractivity contribution >= 4 is 63.6 Å². The first-order valence-electron chi connectivity index (χ1n) is 21.3. The zero-order valence-corrected chi connectivity index (χ0v) is 40.7. The minimum Gasteiger partial charge on any atom is -0.756 e. The second-order valence-corrected chi connectivity index (χ2v) is 23.3. The van der Waals surface area contributed by atoms with Crippen LogP contribution in [0.4, 0.5) is 11.9 Å².